The van der Waals surface area contributed by atoms with Gasteiger partial charge >= 0.3 is 0 Å². The van der Waals surface area contributed by atoms with E-state index in [2.05, 4.69) is 24.1 Å². The first kappa shape index (κ1) is 15.4. The standard InChI is InChI=1S/C14H29N3O/c1-5-6-10(2)16-14(18)11(3)17(4)13(9-15)12-7-8-12/h10-13H,5-9,15H2,1-4H3,(H,16,18). The highest BCUT2D eigenvalue weighted by Crippen LogP contribution is 2.35. The Morgan fingerprint density at radius 2 is 2.06 bits per heavy atom. The average Bonchev–Trinajstić information content (AvgIpc) is 3.13. The molecule has 1 amide bonds. The van der Waals surface area contributed by atoms with E-state index in [0.29, 0.717) is 18.5 Å². The minimum Gasteiger partial charge on any atom is -0.352 e. The predicted octanol–water partition coefficient (Wildman–Crippen LogP) is 1.35. The normalized spacial score (nSPS) is 20.6. The lowest BCUT2D eigenvalue weighted by molar-refractivity contribution is -0.126. The SMILES string of the molecule is CCCC(C)NC(=O)C(C)N(C)C(CN)C1CC1. The lowest BCUT2D eigenvalue weighted by atomic mass is 10.1. The zero-order valence-electron chi connectivity index (χ0n) is 12.3. The summed E-state index contributed by atoms with van der Waals surface area (Å²) in [6, 6.07) is 0.515. The first-order valence-corrected chi connectivity index (χ1v) is 7.23. The lowest BCUT2D eigenvalue weighted by Gasteiger charge is -2.32. The van der Waals surface area contributed by atoms with E-state index in [0.717, 1.165) is 12.8 Å². The van der Waals surface area contributed by atoms with E-state index in [4.69, 9.17) is 5.73 Å². The fraction of sp³-hybridized carbons (Fsp3) is 0.929. The minimum absolute atomic E-state index is 0.0987. The lowest BCUT2D eigenvalue weighted by Crippen LogP contribution is -2.52. The number of likely N-dealkylation sites (N-methyl/N-ethyl adjacent to an activating group) is 1. The second-order valence-corrected chi connectivity index (χ2v) is 5.68. The predicted molar refractivity (Wildman–Crippen MR) is 75.3 cm³/mol. The van der Waals surface area contributed by atoms with E-state index >= 15 is 0 Å². The van der Waals surface area contributed by atoms with Crippen LogP contribution < -0.4 is 11.1 Å². The van der Waals surface area contributed by atoms with Gasteiger partial charge in [-0.15, -0.1) is 0 Å². The largest absolute Gasteiger partial charge is 0.352 e. The van der Waals surface area contributed by atoms with Crippen LogP contribution in [0.3, 0.4) is 0 Å². The summed E-state index contributed by atoms with van der Waals surface area (Å²) in [5.41, 5.74) is 5.83. The molecule has 1 saturated carbocycles. The molecule has 3 N–H and O–H groups in total. The molecule has 0 spiro atoms. The number of hydrogen-bond acceptors (Lipinski definition) is 3. The molecule has 0 aromatic heterocycles. The molecule has 0 saturated heterocycles. The molecule has 4 heteroatoms. The third-order valence-corrected chi connectivity index (χ3v) is 4.03. The van der Waals surface area contributed by atoms with Crippen molar-refractivity contribution in [3.63, 3.8) is 0 Å². The van der Waals surface area contributed by atoms with Crippen LogP contribution in [0.1, 0.15) is 46.5 Å². The van der Waals surface area contributed by atoms with E-state index in [1.54, 1.807) is 0 Å². The van der Waals surface area contributed by atoms with Gasteiger partial charge in [0.25, 0.3) is 0 Å². The first-order valence-electron chi connectivity index (χ1n) is 7.23. The van der Waals surface area contributed by atoms with Gasteiger partial charge in [-0.25, -0.2) is 0 Å². The van der Waals surface area contributed by atoms with Gasteiger partial charge in [0.15, 0.2) is 0 Å². The number of carbonyl (C=O) groups is 1. The molecule has 0 aromatic carbocycles. The molecule has 0 bridgehead atoms. The Bertz CT molecular complexity index is 266. The van der Waals surface area contributed by atoms with Crippen LogP contribution in [-0.2, 0) is 4.79 Å². The van der Waals surface area contributed by atoms with Crippen molar-refractivity contribution in [2.45, 2.75) is 64.6 Å². The third-order valence-electron chi connectivity index (χ3n) is 4.03. The molecule has 18 heavy (non-hydrogen) atoms. The zero-order valence-corrected chi connectivity index (χ0v) is 12.3. The number of nitrogens with one attached hydrogen (secondary N) is 1. The quantitative estimate of drug-likeness (QED) is 0.688. The molecule has 1 aliphatic rings. The molecule has 0 radical (unpaired) electrons. The molecular formula is C14H29N3O. The topological polar surface area (TPSA) is 58.4 Å². The van der Waals surface area contributed by atoms with Gasteiger partial charge in [0, 0.05) is 18.6 Å². The zero-order chi connectivity index (χ0) is 13.7. The van der Waals surface area contributed by atoms with Crippen LogP contribution in [0.4, 0.5) is 0 Å². The van der Waals surface area contributed by atoms with Gasteiger partial charge in [0.05, 0.1) is 6.04 Å². The van der Waals surface area contributed by atoms with Crippen LogP contribution in [0.2, 0.25) is 0 Å². The molecular weight excluding hydrogens is 226 g/mol. The molecule has 0 aromatic rings. The summed E-state index contributed by atoms with van der Waals surface area (Å²) in [6.07, 6.45) is 4.64. The molecule has 0 heterocycles. The van der Waals surface area contributed by atoms with Crippen molar-refractivity contribution in [1.29, 1.82) is 0 Å². The van der Waals surface area contributed by atoms with Gasteiger partial charge in [0.2, 0.25) is 5.91 Å². The molecule has 1 aliphatic carbocycles. The van der Waals surface area contributed by atoms with Crippen molar-refractivity contribution in [3.8, 4) is 0 Å². The van der Waals surface area contributed by atoms with E-state index < -0.39 is 0 Å². The summed E-state index contributed by atoms with van der Waals surface area (Å²) in [7, 11) is 2.02. The van der Waals surface area contributed by atoms with Crippen LogP contribution in [0.5, 0.6) is 0 Å². The van der Waals surface area contributed by atoms with Crippen LogP contribution in [-0.4, -0.2) is 42.5 Å². The Hall–Kier alpha value is -0.610. The molecule has 1 fully saturated rings. The summed E-state index contributed by atoms with van der Waals surface area (Å²) in [5.74, 6) is 0.820. The number of carbonyl (C=O) groups excluding carboxylic acids is 1. The van der Waals surface area contributed by atoms with Crippen molar-refractivity contribution in [1.82, 2.24) is 10.2 Å². The van der Waals surface area contributed by atoms with Gasteiger partial charge in [-0.3, -0.25) is 9.69 Å². The summed E-state index contributed by atoms with van der Waals surface area (Å²) in [5, 5.41) is 3.08. The highest BCUT2D eigenvalue weighted by molar-refractivity contribution is 5.81. The molecule has 106 valence electrons. The van der Waals surface area contributed by atoms with Gasteiger partial charge in [-0.05, 0) is 46.1 Å². The van der Waals surface area contributed by atoms with Gasteiger partial charge in [0.1, 0.15) is 0 Å². The van der Waals surface area contributed by atoms with E-state index in [1.807, 2.05) is 14.0 Å². The Kier molecular flexibility index (Phi) is 6.09. The fourth-order valence-corrected chi connectivity index (χ4v) is 2.51. The van der Waals surface area contributed by atoms with Crippen molar-refractivity contribution < 1.29 is 4.79 Å². The van der Waals surface area contributed by atoms with Crippen molar-refractivity contribution in [2.75, 3.05) is 13.6 Å². The third kappa shape index (κ3) is 4.25. The number of nitrogens with zero attached hydrogens (tertiary/aromatic N) is 1. The minimum atomic E-state index is -0.0987. The Balaban J connectivity index is 2.45. The number of amides is 1. The number of hydrogen-bond donors (Lipinski definition) is 2. The molecule has 0 aliphatic heterocycles. The molecule has 1 rings (SSSR count). The Morgan fingerprint density at radius 3 is 2.50 bits per heavy atom. The van der Waals surface area contributed by atoms with Crippen molar-refractivity contribution >= 4 is 5.91 Å². The van der Waals surface area contributed by atoms with Gasteiger partial charge in [-0.2, -0.15) is 0 Å². The van der Waals surface area contributed by atoms with Crippen LogP contribution in [0.25, 0.3) is 0 Å². The van der Waals surface area contributed by atoms with Gasteiger partial charge < -0.3 is 11.1 Å². The maximum atomic E-state index is 12.1. The Morgan fingerprint density at radius 1 is 1.44 bits per heavy atom. The van der Waals surface area contributed by atoms with Crippen molar-refractivity contribution in [2.24, 2.45) is 11.7 Å². The average molecular weight is 255 g/mol. The summed E-state index contributed by atoms with van der Waals surface area (Å²) in [4.78, 5) is 14.3. The molecule has 3 atom stereocenters. The maximum absolute atomic E-state index is 12.1. The van der Waals surface area contributed by atoms with Crippen molar-refractivity contribution in [3.05, 3.63) is 0 Å². The van der Waals surface area contributed by atoms with Crippen LogP contribution >= 0.6 is 0 Å². The maximum Gasteiger partial charge on any atom is 0.237 e. The van der Waals surface area contributed by atoms with E-state index in [1.165, 1.54) is 12.8 Å². The Labute approximate surface area is 111 Å². The second kappa shape index (κ2) is 7.10. The van der Waals surface area contributed by atoms with E-state index in [-0.39, 0.29) is 18.0 Å². The highest BCUT2D eigenvalue weighted by atomic mass is 16.2. The summed E-state index contributed by atoms with van der Waals surface area (Å²) < 4.78 is 0. The summed E-state index contributed by atoms with van der Waals surface area (Å²) in [6.45, 7) is 6.81. The molecule has 4 nitrogen and oxygen atoms in total. The van der Waals surface area contributed by atoms with Crippen LogP contribution in [0.15, 0.2) is 0 Å². The number of rotatable bonds is 8. The van der Waals surface area contributed by atoms with Gasteiger partial charge in [-0.1, -0.05) is 13.3 Å². The second-order valence-electron chi connectivity index (χ2n) is 5.68. The fourth-order valence-electron chi connectivity index (χ4n) is 2.51. The highest BCUT2D eigenvalue weighted by Gasteiger charge is 2.36. The monoisotopic (exact) mass is 255 g/mol. The van der Waals surface area contributed by atoms with Crippen LogP contribution in [0, 0.1) is 5.92 Å². The van der Waals surface area contributed by atoms with E-state index in [9.17, 15) is 4.79 Å². The smallest absolute Gasteiger partial charge is 0.237 e. The molecule has 3 unspecified atom stereocenters. The summed E-state index contributed by atoms with van der Waals surface area (Å²) >= 11 is 0. The number of nitrogens with two attached hydrogens (primary N) is 1. The first-order chi connectivity index (χ1) is 8.51.